The number of allylic oxidation sites excluding steroid dienone is 1. The lowest BCUT2D eigenvalue weighted by atomic mass is 10.1. The van der Waals surface area contributed by atoms with E-state index < -0.39 is 0 Å². The first-order chi connectivity index (χ1) is 5.81. The number of carbonyl (C=O) groups is 1. The zero-order valence-electron chi connectivity index (χ0n) is 8.01. The Morgan fingerprint density at radius 1 is 1.33 bits per heavy atom. The van der Waals surface area contributed by atoms with Gasteiger partial charge in [0.05, 0.1) is 7.11 Å². The molecule has 12 heavy (non-hydrogen) atoms. The number of rotatable bonds is 6. The maximum atomic E-state index is 10.6. The molecule has 70 valence electrons. The van der Waals surface area contributed by atoms with E-state index in [9.17, 15) is 4.79 Å². The number of ether oxygens (including phenoxy) is 1. The van der Waals surface area contributed by atoms with Crippen LogP contribution in [0, 0.1) is 0 Å². The molecule has 0 aromatic heterocycles. The molecule has 0 amide bonds. The summed E-state index contributed by atoms with van der Waals surface area (Å²) in [4.78, 5) is 10.6. The molecule has 2 nitrogen and oxygen atoms in total. The largest absolute Gasteiger partial charge is 0.466 e. The second kappa shape index (κ2) is 8.31. The monoisotopic (exact) mass is 170 g/mol. The molecule has 0 atom stereocenters. The summed E-state index contributed by atoms with van der Waals surface area (Å²) in [6, 6.07) is 0. The van der Waals surface area contributed by atoms with E-state index in [2.05, 4.69) is 11.7 Å². The highest BCUT2D eigenvalue weighted by Crippen LogP contribution is 2.02. The van der Waals surface area contributed by atoms with Crippen molar-refractivity contribution in [1.29, 1.82) is 0 Å². The van der Waals surface area contributed by atoms with Gasteiger partial charge in [-0.3, -0.25) is 0 Å². The zero-order valence-corrected chi connectivity index (χ0v) is 8.01. The third-order valence-corrected chi connectivity index (χ3v) is 1.68. The van der Waals surface area contributed by atoms with E-state index >= 15 is 0 Å². The fraction of sp³-hybridized carbons (Fsp3) is 0.700. The quantitative estimate of drug-likeness (QED) is 0.348. The van der Waals surface area contributed by atoms with Crippen LogP contribution in [-0.2, 0) is 9.53 Å². The molecule has 0 heterocycles. The van der Waals surface area contributed by atoms with Crippen molar-refractivity contribution in [3.63, 3.8) is 0 Å². The summed E-state index contributed by atoms with van der Waals surface area (Å²) in [6.07, 6.45) is 9.30. The van der Waals surface area contributed by atoms with E-state index in [0.29, 0.717) is 0 Å². The summed E-state index contributed by atoms with van der Waals surface area (Å²) in [5.41, 5.74) is 0. The van der Waals surface area contributed by atoms with Gasteiger partial charge < -0.3 is 4.74 Å². The van der Waals surface area contributed by atoms with Gasteiger partial charge in [0, 0.05) is 6.08 Å². The molecule has 2 heteroatoms. The van der Waals surface area contributed by atoms with Gasteiger partial charge in [-0.2, -0.15) is 0 Å². The van der Waals surface area contributed by atoms with Crippen LogP contribution in [0.5, 0.6) is 0 Å². The average Bonchev–Trinajstić information content (AvgIpc) is 2.10. The fourth-order valence-electron chi connectivity index (χ4n) is 0.937. The summed E-state index contributed by atoms with van der Waals surface area (Å²) >= 11 is 0. The maximum Gasteiger partial charge on any atom is 0.330 e. The molecule has 0 aromatic carbocycles. The summed E-state index contributed by atoms with van der Waals surface area (Å²) < 4.78 is 4.45. The van der Waals surface area contributed by atoms with Gasteiger partial charge in [-0.1, -0.05) is 32.3 Å². The van der Waals surface area contributed by atoms with Crippen LogP contribution in [0.1, 0.15) is 39.0 Å². The second-order valence-electron chi connectivity index (χ2n) is 2.77. The molecule has 0 fully saturated rings. The van der Waals surface area contributed by atoms with E-state index in [1.807, 2.05) is 6.08 Å². The van der Waals surface area contributed by atoms with Crippen molar-refractivity contribution in [3.05, 3.63) is 12.2 Å². The SMILES string of the molecule is CCCCCC/C=C/C(=O)OC. The summed E-state index contributed by atoms with van der Waals surface area (Å²) in [5, 5.41) is 0. The number of hydrogen-bond acceptors (Lipinski definition) is 2. The van der Waals surface area contributed by atoms with Gasteiger partial charge in [0.25, 0.3) is 0 Å². The van der Waals surface area contributed by atoms with Gasteiger partial charge in [0.2, 0.25) is 0 Å². The van der Waals surface area contributed by atoms with Crippen LogP contribution in [0.25, 0.3) is 0 Å². The first-order valence-electron chi connectivity index (χ1n) is 4.55. The third kappa shape index (κ3) is 7.32. The number of carbonyl (C=O) groups excluding carboxylic acids is 1. The molecule has 0 rings (SSSR count). The van der Waals surface area contributed by atoms with Crippen LogP contribution in [0.3, 0.4) is 0 Å². The lowest BCUT2D eigenvalue weighted by Gasteiger charge is -1.93. The van der Waals surface area contributed by atoms with Gasteiger partial charge >= 0.3 is 5.97 Å². The highest BCUT2D eigenvalue weighted by molar-refractivity contribution is 5.81. The number of esters is 1. The molecule has 0 aliphatic carbocycles. The van der Waals surface area contributed by atoms with Crippen LogP contribution in [0.2, 0.25) is 0 Å². The van der Waals surface area contributed by atoms with Crippen molar-refractivity contribution in [2.75, 3.05) is 7.11 Å². The predicted molar refractivity (Wildman–Crippen MR) is 49.9 cm³/mol. The van der Waals surface area contributed by atoms with E-state index in [4.69, 9.17) is 0 Å². The van der Waals surface area contributed by atoms with Crippen molar-refractivity contribution < 1.29 is 9.53 Å². The Kier molecular flexibility index (Phi) is 7.76. The number of unbranched alkanes of at least 4 members (excludes halogenated alkanes) is 4. The molecular weight excluding hydrogens is 152 g/mol. The first kappa shape index (κ1) is 11.2. The normalized spacial score (nSPS) is 10.5. The Labute approximate surface area is 74.6 Å². The van der Waals surface area contributed by atoms with Crippen LogP contribution in [0.15, 0.2) is 12.2 Å². The molecule has 0 N–H and O–H groups in total. The van der Waals surface area contributed by atoms with Crippen molar-refractivity contribution in [1.82, 2.24) is 0 Å². The average molecular weight is 170 g/mol. The molecule has 0 saturated carbocycles. The standard InChI is InChI=1S/C10H18O2/c1-3-4-5-6-7-8-9-10(11)12-2/h8-9H,3-7H2,1-2H3/b9-8+. The fourth-order valence-corrected chi connectivity index (χ4v) is 0.937. The van der Waals surface area contributed by atoms with E-state index in [-0.39, 0.29) is 5.97 Å². The predicted octanol–water partition coefficient (Wildman–Crippen LogP) is 2.69. The smallest absolute Gasteiger partial charge is 0.330 e. The molecule has 0 radical (unpaired) electrons. The minimum absolute atomic E-state index is 0.259. The van der Waals surface area contributed by atoms with E-state index in [0.717, 1.165) is 6.42 Å². The van der Waals surface area contributed by atoms with Gasteiger partial charge in [0.1, 0.15) is 0 Å². The molecular formula is C10H18O2. The zero-order chi connectivity index (χ0) is 9.23. The molecule has 0 spiro atoms. The highest BCUT2D eigenvalue weighted by atomic mass is 16.5. The Morgan fingerprint density at radius 2 is 2.08 bits per heavy atom. The molecule has 0 aliphatic heterocycles. The van der Waals surface area contributed by atoms with Crippen LogP contribution < -0.4 is 0 Å². The Hall–Kier alpha value is -0.790. The van der Waals surface area contributed by atoms with Crippen molar-refractivity contribution >= 4 is 5.97 Å². The first-order valence-corrected chi connectivity index (χ1v) is 4.55. The van der Waals surface area contributed by atoms with Crippen LogP contribution >= 0.6 is 0 Å². The van der Waals surface area contributed by atoms with Gasteiger partial charge in [-0.05, 0) is 12.8 Å². The Balaban J connectivity index is 3.18. The van der Waals surface area contributed by atoms with E-state index in [1.54, 1.807) is 0 Å². The molecule has 0 aromatic rings. The summed E-state index contributed by atoms with van der Waals surface area (Å²) in [5.74, 6) is -0.259. The maximum absolute atomic E-state index is 10.6. The molecule has 0 unspecified atom stereocenters. The highest BCUT2D eigenvalue weighted by Gasteiger charge is 1.89. The van der Waals surface area contributed by atoms with Crippen LogP contribution in [0.4, 0.5) is 0 Å². The molecule has 0 aliphatic rings. The molecule has 0 bridgehead atoms. The van der Waals surface area contributed by atoms with Crippen molar-refractivity contribution in [2.45, 2.75) is 39.0 Å². The number of hydrogen-bond donors (Lipinski definition) is 0. The van der Waals surface area contributed by atoms with Gasteiger partial charge in [0.15, 0.2) is 0 Å². The van der Waals surface area contributed by atoms with E-state index in [1.165, 1.54) is 38.9 Å². The lowest BCUT2D eigenvalue weighted by Crippen LogP contribution is -1.93. The second-order valence-corrected chi connectivity index (χ2v) is 2.77. The minimum Gasteiger partial charge on any atom is -0.466 e. The van der Waals surface area contributed by atoms with Gasteiger partial charge in [-0.15, -0.1) is 0 Å². The van der Waals surface area contributed by atoms with Crippen molar-refractivity contribution in [2.24, 2.45) is 0 Å². The third-order valence-electron chi connectivity index (χ3n) is 1.68. The Bertz CT molecular complexity index is 139. The lowest BCUT2D eigenvalue weighted by molar-refractivity contribution is -0.134. The van der Waals surface area contributed by atoms with Crippen LogP contribution in [-0.4, -0.2) is 13.1 Å². The summed E-state index contributed by atoms with van der Waals surface area (Å²) in [6.45, 7) is 2.18. The molecule has 0 saturated heterocycles. The Morgan fingerprint density at radius 3 is 2.67 bits per heavy atom. The topological polar surface area (TPSA) is 26.3 Å². The number of methoxy groups -OCH3 is 1. The van der Waals surface area contributed by atoms with Gasteiger partial charge in [-0.25, -0.2) is 4.79 Å². The summed E-state index contributed by atoms with van der Waals surface area (Å²) in [7, 11) is 1.39. The van der Waals surface area contributed by atoms with Crippen molar-refractivity contribution in [3.8, 4) is 0 Å². The minimum atomic E-state index is -0.259.